The van der Waals surface area contributed by atoms with Gasteiger partial charge in [-0.15, -0.1) is 11.6 Å². The molecule has 0 aromatic heterocycles. The molecule has 0 saturated carbocycles. The predicted octanol–water partition coefficient (Wildman–Crippen LogP) is 2.20. The first-order chi connectivity index (χ1) is 7.27. The standard InChI is InChI=1S/C12H23ClN2/c1-3-15-10-6-12(7-11-15)14(2)9-5-4-8-13/h4-5,12H,3,6-11H2,1-2H3. The van der Waals surface area contributed by atoms with Crippen molar-refractivity contribution in [3.8, 4) is 0 Å². The minimum atomic E-state index is 0.627. The van der Waals surface area contributed by atoms with Crippen LogP contribution in [0.3, 0.4) is 0 Å². The highest BCUT2D eigenvalue weighted by atomic mass is 35.5. The van der Waals surface area contributed by atoms with Gasteiger partial charge in [0, 0.05) is 18.5 Å². The van der Waals surface area contributed by atoms with Crippen molar-refractivity contribution in [1.29, 1.82) is 0 Å². The number of halogens is 1. The number of piperidine rings is 1. The van der Waals surface area contributed by atoms with Gasteiger partial charge in [0.1, 0.15) is 0 Å². The summed E-state index contributed by atoms with van der Waals surface area (Å²) in [4.78, 5) is 4.97. The lowest BCUT2D eigenvalue weighted by Gasteiger charge is -2.35. The third kappa shape index (κ3) is 4.54. The van der Waals surface area contributed by atoms with Gasteiger partial charge >= 0.3 is 0 Å². The molecule has 0 aliphatic carbocycles. The second-order valence-electron chi connectivity index (χ2n) is 4.23. The van der Waals surface area contributed by atoms with Crippen LogP contribution < -0.4 is 0 Å². The molecule has 0 spiro atoms. The van der Waals surface area contributed by atoms with E-state index in [0.717, 1.165) is 12.6 Å². The van der Waals surface area contributed by atoms with Gasteiger partial charge in [0.15, 0.2) is 0 Å². The number of allylic oxidation sites excluding steroid dienone is 1. The minimum absolute atomic E-state index is 0.627. The first-order valence-electron chi connectivity index (χ1n) is 5.91. The summed E-state index contributed by atoms with van der Waals surface area (Å²) in [5.41, 5.74) is 0. The molecule has 0 unspecified atom stereocenters. The molecule has 88 valence electrons. The van der Waals surface area contributed by atoms with E-state index in [-0.39, 0.29) is 0 Å². The Bertz CT molecular complexity index is 186. The van der Waals surface area contributed by atoms with Crippen LogP contribution in [0.1, 0.15) is 19.8 Å². The molecule has 3 heteroatoms. The van der Waals surface area contributed by atoms with Crippen LogP contribution in [0.15, 0.2) is 12.2 Å². The molecule has 1 saturated heterocycles. The molecule has 1 fully saturated rings. The zero-order valence-electron chi connectivity index (χ0n) is 9.95. The van der Waals surface area contributed by atoms with Crippen LogP contribution in [-0.2, 0) is 0 Å². The van der Waals surface area contributed by atoms with Crippen molar-refractivity contribution in [1.82, 2.24) is 9.80 Å². The van der Waals surface area contributed by atoms with Gasteiger partial charge < -0.3 is 4.90 Å². The van der Waals surface area contributed by atoms with E-state index in [2.05, 4.69) is 29.8 Å². The molecule has 0 atom stereocenters. The Hall–Kier alpha value is -0.0500. The van der Waals surface area contributed by atoms with Gasteiger partial charge in [-0.2, -0.15) is 0 Å². The van der Waals surface area contributed by atoms with E-state index in [0.29, 0.717) is 5.88 Å². The van der Waals surface area contributed by atoms with Crippen LogP contribution in [0.4, 0.5) is 0 Å². The summed E-state index contributed by atoms with van der Waals surface area (Å²) in [6, 6.07) is 0.757. The molecule has 1 rings (SSSR count). The number of likely N-dealkylation sites (tertiary alicyclic amines) is 1. The maximum atomic E-state index is 5.60. The number of hydrogen-bond acceptors (Lipinski definition) is 2. The summed E-state index contributed by atoms with van der Waals surface area (Å²) < 4.78 is 0. The molecule has 0 aromatic rings. The molecule has 0 amide bonds. The summed E-state index contributed by atoms with van der Waals surface area (Å²) >= 11 is 5.60. The predicted molar refractivity (Wildman–Crippen MR) is 67.6 cm³/mol. The fraction of sp³-hybridized carbons (Fsp3) is 0.833. The normalized spacial score (nSPS) is 20.5. The van der Waals surface area contributed by atoms with Crippen molar-refractivity contribution in [2.24, 2.45) is 0 Å². The Morgan fingerprint density at radius 1 is 1.33 bits per heavy atom. The maximum Gasteiger partial charge on any atom is 0.0404 e. The van der Waals surface area contributed by atoms with Gasteiger partial charge in [-0.25, -0.2) is 0 Å². The summed E-state index contributed by atoms with van der Waals surface area (Å²) in [5, 5.41) is 0. The molecule has 15 heavy (non-hydrogen) atoms. The maximum absolute atomic E-state index is 5.60. The highest BCUT2D eigenvalue weighted by Gasteiger charge is 2.20. The van der Waals surface area contributed by atoms with Crippen molar-refractivity contribution in [3.05, 3.63) is 12.2 Å². The lowest BCUT2D eigenvalue weighted by atomic mass is 10.0. The quantitative estimate of drug-likeness (QED) is 0.528. The summed E-state index contributed by atoms with van der Waals surface area (Å²) in [6.45, 7) is 6.98. The third-order valence-corrected chi connectivity index (χ3v) is 3.45. The van der Waals surface area contributed by atoms with Crippen LogP contribution in [-0.4, -0.2) is 54.9 Å². The zero-order valence-corrected chi connectivity index (χ0v) is 10.7. The van der Waals surface area contributed by atoms with Gasteiger partial charge in [0.2, 0.25) is 0 Å². The topological polar surface area (TPSA) is 6.48 Å². The molecule has 1 aliphatic heterocycles. The monoisotopic (exact) mass is 230 g/mol. The van der Waals surface area contributed by atoms with Crippen LogP contribution in [0.25, 0.3) is 0 Å². The summed E-state index contributed by atoms with van der Waals surface area (Å²) in [7, 11) is 2.21. The molecule has 2 nitrogen and oxygen atoms in total. The van der Waals surface area contributed by atoms with E-state index in [1.807, 2.05) is 6.08 Å². The number of alkyl halides is 1. The van der Waals surface area contributed by atoms with Gasteiger partial charge in [0.05, 0.1) is 0 Å². The average molecular weight is 231 g/mol. The summed E-state index contributed by atoms with van der Waals surface area (Å²) in [5.74, 6) is 0.627. The second-order valence-corrected chi connectivity index (χ2v) is 4.54. The lowest BCUT2D eigenvalue weighted by molar-refractivity contribution is 0.140. The third-order valence-electron chi connectivity index (χ3n) is 3.28. The Morgan fingerprint density at radius 2 is 2.00 bits per heavy atom. The molecular formula is C12H23ClN2. The van der Waals surface area contributed by atoms with Crippen molar-refractivity contribution in [2.45, 2.75) is 25.8 Å². The van der Waals surface area contributed by atoms with Crippen molar-refractivity contribution >= 4 is 11.6 Å². The van der Waals surface area contributed by atoms with Crippen molar-refractivity contribution in [3.63, 3.8) is 0 Å². The van der Waals surface area contributed by atoms with E-state index < -0.39 is 0 Å². The fourth-order valence-electron chi connectivity index (χ4n) is 2.13. The van der Waals surface area contributed by atoms with E-state index in [1.54, 1.807) is 0 Å². The minimum Gasteiger partial charge on any atom is -0.303 e. The van der Waals surface area contributed by atoms with Gasteiger partial charge in [-0.1, -0.05) is 19.1 Å². The van der Waals surface area contributed by atoms with Gasteiger partial charge in [0.25, 0.3) is 0 Å². The largest absolute Gasteiger partial charge is 0.303 e. The molecule has 0 radical (unpaired) electrons. The lowest BCUT2D eigenvalue weighted by Crippen LogP contribution is -2.43. The molecule has 0 bridgehead atoms. The number of rotatable bonds is 5. The zero-order chi connectivity index (χ0) is 11.1. The first kappa shape index (κ1) is 13.0. The van der Waals surface area contributed by atoms with Crippen molar-refractivity contribution < 1.29 is 0 Å². The van der Waals surface area contributed by atoms with E-state index in [1.165, 1.54) is 32.5 Å². The van der Waals surface area contributed by atoms with Gasteiger partial charge in [-0.3, -0.25) is 4.90 Å². The second kappa shape index (κ2) is 7.26. The van der Waals surface area contributed by atoms with Gasteiger partial charge in [-0.05, 0) is 39.5 Å². The summed E-state index contributed by atoms with van der Waals surface area (Å²) in [6.07, 6.45) is 6.80. The Balaban J connectivity index is 2.23. The Labute approximate surface area is 98.9 Å². The van der Waals surface area contributed by atoms with Crippen molar-refractivity contribution in [2.75, 3.05) is 39.1 Å². The number of likely N-dealkylation sites (N-methyl/N-ethyl adjacent to an activating group) is 1. The van der Waals surface area contributed by atoms with Crippen LogP contribution in [0, 0.1) is 0 Å². The molecule has 0 aromatic carbocycles. The number of hydrogen-bond donors (Lipinski definition) is 0. The molecular weight excluding hydrogens is 208 g/mol. The molecule has 0 N–H and O–H groups in total. The Morgan fingerprint density at radius 3 is 2.53 bits per heavy atom. The SMILES string of the molecule is CCN1CCC(N(C)CC=CCCl)CC1. The highest BCUT2D eigenvalue weighted by molar-refractivity contribution is 6.18. The highest BCUT2D eigenvalue weighted by Crippen LogP contribution is 2.14. The van der Waals surface area contributed by atoms with E-state index in [4.69, 9.17) is 11.6 Å². The first-order valence-corrected chi connectivity index (χ1v) is 6.45. The van der Waals surface area contributed by atoms with E-state index in [9.17, 15) is 0 Å². The van der Waals surface area contributed by atoms with Crippen LogP contribution in [0.2, 0.25) is 0 Å². The fourth-order valence-corrected chi connectivity index (χ4v) is 2.26. The number of nitrogens with zero attached hydrogens (tertiary/aromatic N) is 2. The Kier molecular flexibility index (Phi) is 6.30. The van der Waals surface area contributed by atoms with E-state index >= 15 is 0 Å². The van der Waals surface area contributed by atoms with Crippen LogP contribution in [0.5, 0.6) is 0 Å². The smallest absolute Gasteiger partial charge is 0.0404 e. The van der Waals surface area contributed by atoms with Crippen LogP contribution >= 0.6 is 11.6 Å². The molecule has 1 heterocycles. The molecule has 1 aliphatic rings. The average Bonchev–Trinajstić information content (AvgIpc) is 2.29.